The number of carbonyl (C=O) groups excluding carboxylic acids is 1. The molecular weight excluding hydrogens is 347 g/mol. The van der Waals surface area contributed by atoms with Gasteiger partial charge in [-0.2, -0.15) is 0 Å². The standard InChI is InChI=1S/C14H9BrClFN2O/c15-7-1-3-9-12(5-7)19-14(20)13(9)18-8-2-4-10(16)11(17)6-8/h1-6,13,18H,(H,19,20). The smallest absolute Gasteiger partial charge is 0.251 e. The predicted molar refractivity (Wildman–Crippen MR) is 80.5 cm³/mol. The molecule has 6 heteroatoms. The number of rotatable bonds is 2. The largest absolute Gasteiger partial charge is 0.370 e. The third-order valence-corrected chi connectivity index (χ3v) is 3.88. The lowest BCUT2D eigenvalue weighted by molar-refractivity contribution is -0.116. The quantitative estimate of drug-likeness (QED) is 0.841. The zero-order valence-electron chi connectivity index (χ0n) is 10.1. The molecule has 0 fully saturated rings. The van der Waals surface area contributed by atoms with Crippen LogP contribution in [0.3, 0.4) is 0 Å². The predicted octanol–water partition coefficient (Wildman–Crippen LogP) is 4.35. The van der Waals surface area contributed by atoms with Gasteiger partial charge < -0.3 is 10.6 Å². The minimum absolute atomic E-state index is 0.0516. The van der Waals surface area contributed by atoms with Gasteiger partial charge in [-0.1, -0.05) is 33.6 Å². The van der Waals surface area contributed by atoms with Crippen molar-refractivity contribution in [3.8, 4) is 0 Å². The fourth-order valence-electron chi connectivity index (χ4n) is 2.13. The van der Waals surface area contributed by atoms with E-state index in [-0.39, 0.29) is 10.9 Å². The molecule has 0 saturated carbocycles. The Balaban J connectivity index is 1.92. The monoisotopic (exact) mass is 354 g/mol. The number of nitrogens with one attached hydrogen (secondary N) is 2. The third kappa shape index (κ3) is 2.39. The van der Waals surface area contributed by atoms with Crippen molar-refractivity contribution in [2.45, 2.75) is 6.04 Å². The van der Waals surface area contributed by atoms with Crippen LogP contribution < -0.4 is 10.6 Å². The topological polar surface area (TPSA) is 41.1 Å². The first-order valence-electron chi connectivity index (χ1n) is 5.86. The van der Waals surface area contributed by atoms with Crippen LogP contribution >= 0.6 is 27.5 Å². The van der Waals surface area contributed by atoms with E-state index in [2.05, 4.69) is 26.6 Å². The van der Waals surface area contributed by atoms with E-state index in [4.69, 9.17) is 11.6 Å². The Hall–Kier alpha value is -1.59. The van der Waals surface area contributed by atoms with E-state index in [1.165, 1.54) is 12.1 Å². The number of hydrogen-bond donors (Lipinski definition) is 2. The minimum atomic E-state index is -0.543. The summed E-state index contributed by atoms with van der Waals surface area (Å²) >= 11 is 8.99. The van der Waals surface area contributed by atoms with Gasteiger partial charge in [-0.3, -0.25) is 4.79 Å². The Labute approximate surface area is 128 Å². The van der Waals surface area contributed by atoms with E-state index >= 15 is 0 Å². The van der Waals surface area contributed by atoms with Crippen LogP contribution in [-0.2, 0) is 4.79 Å². The van der Waals surface area contributed by atoms with E-state index in [1.807, 2.05) is 18.2 Å². The number of carbonyl (C=O) groups is 1. The van der Waals surface area contributed by atoms with Crippen LogP contribution in [0.2, 0.25) is 5.02 Å². The first kappa shape index (κ1) is 13.4. The number of amides is 1. The summed E-state index contributed by atoms with van der Waals surface area (Å²) in [6.07, 6.45) is 0. The van der Waals surface area contributed by atoms with Crippen LogP contribution in [0.5, 0.6) is 0 Å². The van der Waals surface area contributed by atoms with Crippen molar-refractivity contribution >= 4 is 44.8 Å². The Morgan fingerprint density at radius 3 is 2.80 bits per heavy atom. The van der Waals surface area contributed by atoms with Crippen molar-refractivity contribution in [2.75, 3.05) is 10.6 Å². The molecule has 0 radical (unpaired) electrons. The highest BCUT2D eigenvalue weighted by Gasteiger charge is 2.30. The summed E-state index contributed by atoms with van der Waals surface area (Å²) in [4.78, 5) is 12.0. The summed E-state index contributed by atoms with van der Waals surface area (Å²) in [5.41, 5.74) is 2.08. The fraction of sp³-hybridized carbons (Fsp3) is 0.0714. The fourth-order valence-corrected chi connectivity index (χ4v) is 2.61. The molecule has 102 valence electrons. The zero-order valence-corrected chi connectivity index (χ0v) is 12.4. The van der Waals surface area contributed by atoms with E-state index in [0.29, 0.717) is 5.69 Å². The molecule has 0 aromatic heterocycles. The van der Waals surface area contributed by atoms with Gasteiger partial charge in [-0.25, -0.2) is 4.39 Å². The van der Waals surface area contributed by atoms with Crippen LogP contribution in [0, 0.1) is 5.82 Å². The van der Waals surface area contributed by atoms with Gasteiger partial charge in [-0.05, 0) is 30.3 Å². The highest BCUT2D eigenvalue weighted by Crippen LogP contribution is 2.35. The summed E-state index contributed by atoms with van der Waals surface area (Å²) in [6.45, 7) is 0. The normalized spacial score (nSPS) is 16.8. The Bertz CT molecular complexity index is 708. The van der Waals surface area contributed by atoms with Crippen molar-refractivity contribution in [3.05, 3.63) is 57.3 Å². The second-order valence-electron chi connectivity index (χ2n) is 4.43. The number of hydrogen-bond acceptors (Lipinski definition) is 2. The molecule has 1 aliphatic heterocycles. The van der Waals surface area contributed by atoms with Gasteiger partial charge in [0.05, 0.1) is 5.02 Å². The summed E-state index contributed by atoms with van der Waals surface area (Å²) in [5, 5.41) is 5.84. The molecule has 0 spiro atoms. The van der Waals surface area contributed by atoms with Crippen LogP contribution in [0.25, 0.3) is 0 Å². The molecule has 0 bridgehead atoms. The van der Waals surface area contributed by atoms with Crippen molar-refractivity contribution in [1.29, 1.82) is 0 Å². The van der Waals surface area contributed by atoms with Crippen LogP contribution in [-0.4, -0.2) is 5.91 Å². The van der Waals surface area contributed by atoms with E-state index in [9.17, 15) is 9.18 Å². The summed E-state index contributed by atoms with van der Waals surface area (Å²) in [7, 11) is 0. The first-order valence-corrected chi connectivity index (χ1v) is 7.03. The lowest BCUT2D eigenvalue weighted by Gasteiger charge is -2.13. The molecule has 3 rings (SSSR count). The van der Waals surface area contributed by atoms with Crippen molar-refractivity contribution in [1.82, 2.24) is 0 Å². The maximum absolute atomic E-state index is 13.4. The van der Waals surface area contributed by atoms with Gasteiger partial charge in [0.15, 0.2) is 0 Å². The molecule has 0 saturated heterocycles. The Morgan fingerprint density at radius 2 is 2.05 bits per heavy atom. The zero-order chi connectivity index (χ0) is 14.3. The van der Waals surface area contributed by atoms with Gasteiger partial charge in [0.1, 0.15) is 11.9 Å². The third-order valence-electron chi connectivity index (χ3n) is 3.08. The van der Waals surface area contributed by atoms with E-state index in [1.54, 1.807) is 6.07 Å². The lowest BCUT2D eigenvalue weighted by Crippen LogP contribution is -2.19. The molecule has 2 aromatic rings. The highest BCUT2D eigenvalue weighted by atomic mass is 79.9. The molecular formula is C14H9BrClFN2O. The molecule has 2 aromatic carbocycles. The van der Waals surface area contributed by atoms with Crippen molar-refractivity contribution in [2.24, 2.45) is 0 Å². The average Bonchev–Trinajstić information content (AvgIpc) is 2.69. The maximum Gasteiger partial charge on any atom is 0.251 e. The molecule has 1 unspecified atom stereocenters. The second-order valence-corrected chi connectivity index (χ2v) is 5.75. The SMILES string of the molecule is O=C1Nc2cc(Br)ccc2C1Nc1ccc(Cl)c(F)c1. The van der Waals surface area contributed by atoms with Crippen LogP contribution in [0.1, 0.15) is 11.6 Å². The highest BCUT2D eigenvalue weighted by molar-refractivity contribution is 9.10. The van der Waals surface area contributed by atoms with Gasteiger partial charge in [-0.15, -0.1) is 0 Å². The van der Waals surface area contributed by atoms with Crippen molar-refractivity contribution < 1.29 is 9.18 Å². The van der Waals surface area contributed by atoms with E-state index in [0.717, 1.165) is 15.7 Å². The van der Waals surface area contributed by atoms with E-state index < -0.39 is 11.9 Å². The van der Waals surface area contributed by atoms with Crippen LogP contribution in [0.4, 0.5) is 15.8 Å². The van der Waals surface area contributed by atoms with Gasteiger partial charge in [0.25, 0.3) is 5.91 Å². The lowest BCUT2D eigenvalue weighted by atomic mass is 10.1. The molecule has 0 aliphatic carbocycles. The second kappa shape index (κ2) is 5.07. The Morgan fingerprint density at radius 1 is 1.25 bits per heavy atom. The molecule has 20 heavy (non-hydrogen) atoms. The number of fused-ring (bicyclic) bond motifs is 1. The molecule has 1 aliphatic rings. The number of halogens is 3. The summed E-state index contributed by atoms with van der Waals surface area (Å²) < 4.78 is 14.3. The van der Waals surface area contributed by atoms with Gasteiger partial charge in [0, 0.05) is 21.4 Å². The molecule has 3 nitrogen and oxygen atoms in total. The molecule has 1 heterocycles. The molecule has 2 N–H and O–H groups in total. The maximum atomic E-state index is 13.4. The van der Waals surface area contributed by atoms with Gasteiger partial charge >= 0.3 is 0 Å². The summed E-state index contributed by atoms with van der Waals surface area (Å²) in [5.74, 6) is -0.695. The first-order chi connectivity index (χ1) is 9.54. The van der Waals surface area contributed by atoms with Crippen molar-refractivity contribution in [3.63, 3.8) is 0 Å². The van der Waals surface area contributed by atoms with Gasteiger partial charge in [0.2, 0.25) is 0 Å². The Kier molecular flexibility index (Phi) is 3.40. The molecule has 1 amide bonds. The summed E-state index contributed by atoms with van der Waals surface area (Å²) in [6, 6.07) is 9.35. The average molecular weight is 356 g/mol. The van der Waals surface area contributed by atoms with Crippen LogP contribution in [0.15, 0.2) is 40.9 Å². The number of anilines is 2. The minimum Gasteiger partial charge on any atom is -0.370 e. The molecule has 1 atom stereocenters. The number of benzene rings is 2.